The van der Waals surface area contributed by atoms with Crippen molar-refractivity contribution in [3.63, 3.8) is 0 Å². The molecule has 0 fully saturated rings. The number of nitrogens with one attached hydrogen (secondary N) is 1. The van der Waals surface area contributed by atoms with Crippen LogP contribution in [0.15, 0.2) is 55.0 Å². The van der Waals surface area contributed by atoms with E-state index in [-0.39, 0.29) is 11.8 Å². The van der Waals surface area contributed by atoms with Gasteiger partial charge in [0.1, 0.15) is 11.6 Å². The van der Waals surface area contributed by atoms with Gasteiger partial charge in [-0.05, 0) is 48.2 Å². The fraction of sp³-hybridized carbons (Fsp3) is 0.125. The number of phenolic OH excluding ortho intramolecular Hbond substituents is 1. The van der Waals surface area contributed by atoms with Crippen LogP contribution in [0.2, 0.25) is 0 Å². The second kappa shape index (κ2) is 5.17. The number of aromatic nitrogens is 2. The summed E-state index contributed by atoms with van der Waals surface area (Å²) in [6.07, 6.45) is 5.31. The molecular formula is C16H15N3O. The van der Waals surface area contributed by atoms with E-state index in [0.29, 0.717) is 0 Å². The van der Waals surface area contributed by atoms with Crippen molar-refractivity contribution in [1.29, 1.82) is 0 Å². The lowest BCUT2D eigenvalue weighted by molar-refractivity contribution is 0.476. The topological polar surface area (TPSA) is 58.0 Å². The first-order valence-corrected chi connectivity index (χ1v) is 6.48. The molecule has 3 rings (SSSR count). The number of hydrogen-bond donors (Lipinski definition) is 2. The molecule has 1 atom stereocenters. The number of nitrogens with zero attached hydrogens (tertiary/aromatic N) is 2. The minimum absolute atomic E-state index is 0.110. The quantitative estimate of drug-likeness (QED) is 0.761. The van der Waals surface area contributed by atoms with Crippen LogP contribution in [0.4, 0.5) is 5.82 Å². The molecule has 4 heteroatoms. The van der Waals surface area contributed by atoms with Gasteiger partial charge in [-0.1, -0.05) is 6.07 Å². The third kappa shape index (κ3) is 2.40. The Morgan fingerprint density at radius 1 is 1.05 bits per heavy atom. The van der Waals surface area contributed by atoms with Crippen LogP contribution in [-0.4, -0.2) is 15.1 Å². The molecule has 0 aliphatic carbocycles. The third-order valence-corrected chi connectivity index (χ3v) is 3.31. The maximum absolute atomic E-state index is 9.64. The molecule has 1 unspecified atom stereocenters. The molecule has 0 aliphatic heterocycles. The first-order chi connectivity index (χ1) is 9.74. The van der Waals surface area contributed by atoms with Crippen molar-refractivity contribution in [2.24, 2.45) is 0 Å². The standard InChI is InChI=1S/C16H15N3O/c1-11(12-4-7-17-8-5-12)19-16-15-10-14(20)3-2-13(15)6-9-18-16/h2-11,20H,1H3,(H,18,19). The summed E-state index contributed by atoms with van der Waals surface area (Å²) in [6, 6.07) is 11.3. The van der Waals surface area contributed by atoms with E-state index in [9.17, 15) is 5.11 Å². The van der Waals surface area contributed by atoms with Crippen molar-refractivity contribution >= 4 is 16.6 Å². The van der Waals surface area contributed by atoms with Crippen LogP contribution in [0.1, 0.15) is 18.5 Å². The lowest BCUT2D eigenvalue weighted by Crippen LogP contribution is -2.08. The summed E-state index contributed by atoms with van der Waals surface area (Å²) in [6.45, 7) is 2.07. The summed E-state index contributed by atoms with van der Waals surface area (Å²) in [4.78, 5) is 8.40. The van der Waals surface area contributed by atoms with Gasteiger partial charge in [-0.2, -0.15) is 0 Å². The van der Waals surface area contributed by atoms with Gasteiger partial charge in [-0.15, -0.1) is 0 Å². The van der Waals surface area contributed by atoms with Crippen molar-refractivity contribution in [3.8, 4) is 5.75 Å². The Balaban J connectivity index is 1.97. The van der Waals surface area contributed by atoms with Gasteiger partial charge in [-0.25, -0.2) is 4.98 Å². The number of hydrogen-bond acceptors (Lipinski definition) is 4. The van der Waals surface area contributed by atoms with E-state index in [1.165, 1.54) is 0 Å². The maximum atomic E-state index is 9.64. The molecule has 2 N–H and O–H groups in total. The number of anilines is 1. The zero-order valence-electron chi connectivity index (χ0n) is 11.1. The van der Waals surface area contributed by atoms with Gasteiger partial charge in [0, 0.05) is 24.0 Å². The Kier molecular flexibility index (Phi) is 3.21. The second-order valence-electron chi connectivity index (χ2n) is 4.71. The molecular weight excluding hydrogens is 250 g/mol. The zero-order valence-corrected chi connectivity index (χ0v) is 11.1. The van der Waals surface area contributed by atoms with Crippen LogP contribution in [-0.2, 0) is 0 Å². The minimum Gasteiger partial charge on any atom is -0.508 e. The fourth-order valence-electron chi connectivity index (χ4n) is 2.21. The van der Waals surface area contributed by atoms with E-state index < -0.39 is 0 Å². The number of rotatable bonds is 3. The van der Waals surface area contributed by atoms with Crippen molar-refractivity contribution in [3.05, 3.63) is 60.6 Å². The highest BCUT2D eigenvalue weighted by atomic mass is 16.3. The van der Waals surface area contributed by atoms with Gasteiger partial charge in [0.2, 0.25) is 0 Å². The summed E-state index contributed by atoms with van der Waals surface area (Å²) in [7, 11) is 0. The number of phenols is 1. The van der Waals surface area contributed by atoms with Crippen LogP contribution in [0.3, 0.4) is 0 Å². The lowest BCUT2D eigenvalue weighted by Gasteiger charge is -2.16. The molecule has 0 bridgehead atoms. The van der Waals surface area contributed by atoms with Crippen molar-refractivity contribution in [1.82, 2.24) is 9.97 Å². The molecule has 0 amide bonds. The van der Waals surface area contributed by atoms with Crippen molar-refractivity contribution < 1.29 is 5.11 Å². The molecule has 0 spiro atoms. The van der Waals surface area contributed by atoms with Gasteiger partial charge in [0.25, 0.3) is 0 Å². The fourth-order valence-corrected chi connectivity index (χ4v) is 2.21. The summed E-state index contributed by atoms with van der Waals surface area (Å²) in [5.74, 6) is 1.01. The highest BCUT2D eigenvalue weighted by molar-refractivity contribution is 5.92. The van der Waals surface area contributed by atoms with Gasteiger partial charge >= 0.3 is 0 Å². The van der Waals surface area contributed by atoms with Crippen molar-refractivity contribution in [2.75, 3.05) is 5.32 Å². The van der Waals surface area contributed by atoms with Crippen molar-refractivity contribution in [2.45, 2.75) is 13.0 Å². The minimum atomic E-state index is 0.110. The summed E-state index contributed by atoms with van der Waals surface area (Å²) in [5.41, 5.74) is 1.14. The van der Waals surface area contributed by atoms with Crippen LogP contribution >= 0.6 is 0 Å². The van der Waals surface area contributed by atoms with E-state index in [0.717, 1.165) is 22.2 Å². The smallest absolute Gasteiger partial charge is 0.134 e. The van der Waals surface area contributed by atoms with Crippen LogP contribution in [0.25, 0.3) is 10.8 Å². The van der Waals surface area contributed by atoms with Gasteiger partial charge in [0.15, 0.2) is 0 Å². The van der Waals surface area contributed by atoms with E-state index in [4.69, 9.17) is 0 Å². The molecule has 2 aromatic heterocycles. The summed E-state index contributed by atoms with van der Waals surface area (Å²) in [5, 5.41) is 15.0. The Labute approximate surface area is 117 Å². The maximum Gasteiger partial charge on any atom is 0.134 e. The molecule has 1 aromatic carbocycles. The third-order valence-electron chi connectivity index (χ3n) is 3.31. The molecule has 0 radical (unpaired) electrons. The average molecular weight is 265 g/mol. The normalized spacial score (nSPS) is 12.2. The second-order valence-corrected chi connectivity index (χ2v) is 4.71. The van der Waals surface area contributed by atoms with Crippen LogP contribution < -0.4 is 5.32 Å². The monoisotopic (exact) mass is 265 g/mol. The van der Waals surface area contributed by atoms with Gasteiger partial charge in [0.05, 0.1) is 6.04 Å². The van der Waals surface area contributed by atoms with Gasteiger partial charge in [-0.3, -0.25) is 4.98 Å². The first-order valence-electron chi connectivity index (χ1n) is 6.48. The van der Waals surface area contributed by atoms with E-state index in [1.54, 1.807) is 30.7 Å². The largest absolute Gasteiger partial charge is 0.508 e. The van der Waals surface area contributed by atoms with E-state index in [2.05, 4.69) is 22.2 Å². The van der Waals surface area contributed by atoms with E-state index in [1.807, 2.05) is 24.3 Å². The van der Waals surface area contributed by atoms with E-state index >= 15 is 0 Å². The average Bonchev–Trinajstić information content (AvgIpc) is 2.49. The number of pyridine rings is 2. The Bertz CT molecular complexity index is 728. The predicted molar refractivity (Wildman–Crippen MR) is 79.7 cm³/mol. The number of aromatic hydroxyl groups is 1. The predicted octanol–water partition coefficient (Wildman–Crippen LogP) is 3.51. The Morgan fingerprint density at radius 3 is 2.65 bits per heavy atom. The molecule has 100 valence electrons. The van der Waals surface area contributed by atoms with Crippen LogP contribution in [0, 0.1) is 0 Å². The number of fused-ring (bicyclic) bond motifs is 1. The van der Waals surface area contributed by atoms with Gasteiger partial charge < -0.3 is 10.4 Å². The van der Waals surface area contributed by atoms with Crippen LogP contribution in [0.5, 0.6) is 5.75 Å². The molecule has 0 saturated carbocycles. The highest BCUT2D eigenvalue weighted by Gasteiger charge is 2.08. The first kappa shape index (κ1) is 12.4. The molecule has 0 saturated heterocycles. The molecule has 0 aliphatic rings. The summed E-state index contributed by atoms with van der Waals surface area (Å²) >= 11 is 0. The highest BCUT2D eigenvalue weighted by Crippen LogP contribution is 2.27. The number of benzene rings is 1. The summed E-state index contributed by atoms with van der Waals surface area (Å²) < 4.78 is 0. The SMILES string of the molecule is CC(Nc1nccc2ccc(O)cc12)c1ccncc1. The lowest BCUT2D eigenvalue weighted by atomic mass is 10.1. The molecule has 3 aromatic rings. The molecule has 4 nitrogen and oxygen atoms in total. The molecule has 2 heterocycles. The molecule has 20 heavy (non-hydrogen) atoms. The Hall–Kier alpha value is -2.62. The Morgan fingerprint density at radius 2 is 1.85 bits per heavy atom. The zero-order chi connectivity index (χ0) is 13.9.